The van der Waals surface area contributed by atoms with Crippen LogP contribution in [-0.4, -0.2) is 122 Å². The first-order chi connectivity index (χ1) is 52.9. The molecule has 12 nitrogen and oxygen atoms in total. The van der Waals surface area contributed by atoms with Crippen LogP contribution in [0, 0.1) is 0 Å². The molecule has 0 spiro atoms. The Hall–Kier alpha value is -8.66. The molecular weight excluding hydrogens is 1320 g/mol. The average Bonchev–Trinajstić information content (AvgIpc) is 1.62. The first-order valence-electron chi connectivity index (χ1n) is 40.5. The van der Waals surface area contributed by atoms with Gasteiger partial charge in [0.1, 0.15) is 0 Å². The first kappa shape index (κ1) is 70.0. The van der Waals surface area contributed by atoms with Gasteiger partial charge in [-0.25, -0.2) is 9.59 Å². The lowest BCUT2D eigenvalue weighted by atomic mass is 9.83. The molecule has 18 rings (SSSR count). The van der Waals surface area contributed by atoms with E-state index >= 15 is 0 Å². The lowest BCUT2D eigenvalue weighted by Crippen LogP contribution is -2.52. The van der Waals surface area contributed by atoms with Crippen molar-refractivity contribution in [3.8, 4) is 0 Å². The van der Waals surface area contributed by atoms with E-state index in [1.165, 1.54) is 44.5 Å². The van der Waals surface area contributed by atoms with Crippen molar-refractivity contribution in [1.29, 1.82) is 0 Å². The van der Waals surface area contributed by atoms with Crippen LogP contribution >= 0.6 is 0 Å². The highest BCUT2D eigenvalue weighted by Gasteiger charge is 2.50. The molecule has 10 aliphatic heterocycles. The molecule has 0 amide bonds. The van der Waals surface area contributed by atoms with Crippen molar-refractivity contribution in [3.05, 3.63) is 335 Å². The van der Waals surface area contributed by atoms with Gasteiger partial charge in [0.05, 0.1) is 24.3 Å². The summed E-state index contributed by atoms with van der Waals surface area (Å²) in [6.45, 7) is 0.576. The van der Waals surface area contributed by atoms with E-state index in [9.17, 15) is 9.59 Å². The van der Waals surface area contributed by atoms with Crippen molar-refractivity contribution < 1.29 is 19.1 Å². The van der Waals surface area contributed by atoms with E-state index in [0.717, 1.165) is 57.8 Å². The zero-order chi connectivity index (χ0) is 71.6. The summed E-state index contributed by atoms with van der Waals surface area (Å²) in [6, 6.07) is 86.8. The molecule has 107 heavy (non-hydrogen) atoms. The molecule has 16 bridgehead atoms. The molecule has 0 saturated carbocycles. The van der Waals surface area contributed by atoms with Crippen molar-refractivity contribution in [2.45, 2.75) is 215 Å². The molecule has 8 N–H and O–H groups in total. The van der Waals surface area contributed by atoms with Gasteiger partial charge in [0.15, 0.2) is 0 Å². The lowest BCUT2D eigenvalue weighted by Gasteiger charge is -2.38. The van der Waals surface area contributed by atoms with Gasteiger partial charge in [-0.1, -0.05) is 255 Å². The van der Waals surface area contributed by atoms with E-state index in [1.807, 2.05) is 24.3 Å². The number of hydrogen-bond acceptors (Lipinski definition) is 12. The monoisotopic (exact) mass is 1420 g/mol. The molecule has 0 radical (unpaired) electrons. The number of ether oxygens (including phenoxy) is 2. The van der Waals surface area contributed by atoms with Gasteiger partial charge in [0.25, 0.3) is 0 Å². The molecule has 24 unspecified atom stereocenters. The highest BCUT2D eigenvalue weighted by molar-refractivity contribution is 5.90. The van der Waals surface area contributed by atoms with Gasteiger partial charge < -0.3 is 52.0 Å². The van der Waals surface area contributed by atoms with Gasteiger partial charge in [0, 0.05) is 144 Å². The maximum absolute atomic E-state index is 13.9. The van der Waals surface area contributed by atoms with E-state index in [0.29, 0.717) is 36.1 Å². The van der Waals surface area contributed by atoms with Crippen LogP contribution in [0.15, 0.2) is 279 Å². The zero-order valence-corrected chi connectivity index (χ0v) is 61.2. The summed E-state index contributed by atoms with van der Waals surface area (Å²) >= 11 is 0. The fraction of sp³-hybridized carbons (Fsp3) is 0.389. The molecular formula is C95H104N8O4. The summed E-state index contributed by atoms with van der Waals surface area (Å²) in [6.07, 6.45) is 30.4. The second kappa shape index (κ2) is 31.9. The number of nitrogens with one attached hydrogen (secondary N) is 8. The van der Waals surface area contributed by atoms with Gasteiger partial charge in [-0.2, -0.15) is 0 Å². The minimum absolute atomic E-state index is 0.0685. The number of rotatable bonds is 16. The summed E-state index contributed by atoms with van der Waals surface area (Å²) in [5.41, 5.74) is 11.7. The molecule has 10 aliphatic rings. The van der Waals surface area contributed by atoms with E-state index in [2.05, 4.69) is 297 Å². The van der Waals surface area contributed by atoms with E-state index < -0.39 is 0 Å². The first-order valence-corrected chi connectivity index (χ1v) is 40.5. The Morgan fingerprint density at radius 2 is 0.402 bits per heavy atom. The summed E-state index contributed by atoms with van der Waals surface area (Å²) in [7, 11) is 0. The van der Waals surface area contributed by atoms with E-state index in [1.54, 1.807) is 0 Å². The Bertz CT molecular complexity index is 4060. The summed E-state index contributed by atoms with van der Waals surface area (Å²) in [5, 5.41) is 34.3. The van der Waals surface area contributed by atoms with Crippen molar-refractivity contribution in [3.63, 3.8) is 0 Å². The highest BCUT2D eigenvalue weighted by atomic mass is 16.5. The van der Waals surface area contributed by atoms with Crippen molar-refractivity contribution in [2.75, 3.05) is 13.2 Å². The normalized spacial score (nSPS) is 34.6. The second-order valence-corrected chi connectivity index (χ2v) is 32.5. The van der Waals surface area contributed by atoms with Gasteiger partial charge in [0.2, 0.25) is 0 Å². The SMILES string of the molecule is O=C(OCCCCCOC(=O)c1ccc(C2C3C=CC(N3)C(c3ccccc3)C3CCC(N3)C(c3ccccc3)C3C=CC(N3)C(c3ccccc3)C3CCC2N3)cc1)c1ccc(C2C3C=CC(N3)C(c3ccccc3)C3CCC(N3)C(c3ccccc3)C3C=CC(N3)C(c3ccccc3)C3CCC2N3)cc1. The Kier molecular flexibility index (Phi) is 20.9. The molecule has 8 aromatic carbocycles. The molecule has 12 heteroatoms. The Balaban J connectivity index is 0.521. The zero-order valence-electron chi connectivity index (χ0n) is 61.2. The van der Waals surface area contributed by atoms with Crippen LogP contribution in [0.2, 0.25) is 0 Å². The number of carbonyl (C=O) groups excluding carboxylic acids is 2. The molecule has 10 heterocycles. The van der Waals surface area contributed by atoms with Crippen LogP contribution in [0.4, 0.5) is 0 Å². The fourth-order valence-electron chi connectivity index (χ4n) is 21.7. The highest BCUT2D eigenvalue weighted by Crippen LogP contribution is 2.47. The number of hydrogen-bond donors (Lipinski definition) is 8. The largest absolute Gasteiger partial charge is 0.462 e. The number of unbranched alkanes of at least 4 members (excludes halogenated alkanes) is 2. The van der Waals surface area contributed by atoms with E-state index in [-0.39, 0.29) is 157 Å². The Labute approximate surface area is 632 Å². The summed E-state index contributed by atoms with van der Waals surface area (Å²) < 4.78 is 11.9. The smallest absolute Gasteiger partial charge is 0.338 e. The molecule has 0 aliphatic carbocycles. The third kappa shape index (κ3) is 14.7. The van der Waals surface area contributed by atoms with Crippen molar-refractivity contribution in [2.24, 2.45) is 0 Å². The molecule has 6 saturated heterocycles. The molecule has 548 valence electrons. The van der Waals surface area contributed by atoms with Crippen LogP contribution in [0.25, 0.3) is 0 Å². The maximum atomic E-state index is 13.9. The lowest BCUT2D eigenvalue weighted by molar-refractivity contribution is 0.0478. The number of carbonyl (C=O) groups is 2. The average molecular weight is 1420 g/mol. The Morgan fingerprint density at radius 3 is 0.589 bits per heavy atom. The van der Waals surface area contributed by atoms with Crippen LogP contribution in [0.3, 0.4) is 0 Å². The third-order valence-corrected chi connectivity index (χ3v) is 26.5. The summed E-state index contributed by atoms with van der Waals surface area (Å²) in [4.78, 5) is 27.7. The standard InChI is InChI=1S/C95H104N8O4/c104-94(68-38-34-66(35-39-68)92-82-54-50-78(100-82)88(62-26-12-3-13-27-62)74-46-42-70(96-74)86(60-22-8-1-9-23-60)71-43-47-75(97-71)89(63-28-14-4-15-29-63)79-51-55-83(92)101-79)106-58-20-7-21-59-107-95(105)69-40-36-67(37-41-69)93-84-56-52-80(102-84)90(64-30-16-5-17-31-64)76-48-44-72(98-76)87(61-24-10-2-11-25-61)73-45-49-77(99-73)91(65-32-18-6-19-33-65)81-53-57-85(93)103-81/h1-6,8-19,22-42,44,46,48,51,53,55,57,70-93,96-103H,7,20-21,43,45,47,49-50,52,54,56,58-59H2. The predicted octanol–water partition coefficient (Wildman–Crippen LogP) is 14.8. The third-order valence-electron chi connectivity index (χ3n) is 26.5. The molecule has 6 fully saturated rings. The second-order valence-electron chi connectivity index (χ2n) is 32.5. The summed E-state index contributed by atoms with van der Waals surface area (Å²) in [5.74, 6) is 1.03. The maximum Gasteiger partial charge on any atom is 0.338 e. The predicted molar refractivity (Wildman–Crippen MR) is 427 cm³/mol. The van der Waals surface area contributed by atoms with Crippen molar-refractivity contribution in [1.82, 2.24) is 42.5 Å². The topological polar surface area (TPSA) is 149 Å². The quantitative estimate of drug-likeness (QED) is 0.0264. The van der Waals surface area contributed by atoms with Crippen LogP contribution in [-0.2, 0) is 9.47 Å². The number of benzene rings is 8. The van der Waals surface area contributed by atoms with Gasteiger partial charge in [-0.05, 0) is 139 Å². The minimum Gasteiger partial charge on any atom is -0.462 e. The van der Waals surface area contributed by atoms with Crippen LogP contribution in [0.5, 0.6) is 0 Å². The molecule has 8 aromatic rings. The van der Waals surface area contributed by atoms with E-state index in [4.69, 9.17) is 9.47 Å². The van der Waals surface area contributed by atoms with Crippen molar-refractivity contribution >= 4 is 11.9 Å². The molecule has 24 atom stereocenters. The van der Waals surface area contributed by atoms with Gasteiger partial charge in [-0.15, -0.1) is 0 Å². The van der Waals surface area contributed by atoms with Crippen LogP contribution < -0.4 is 42.5 Å². The Morgan fingerprint density at radius 1 is 0.224 bits per heavy atom. The van der Waals surface area contributed by atoms with Gasteiger partial charge >= 0.3 is 11.9 Å². The molecule has 0 aromatic heterocycles. The van der Waals surface area contributed by atoms with Crippen LogP contribution in [0.1, 0.15) is 183 Å². The van der Waals surface area contributed by atoms with Gasteiger partial charge in [-0.3, -0.25) is 0 Å². The minimum atomic E-state index is -0.321. The number of esters is 2. The fourth-order valence-corrected chi connectivity index (χ4v) is 21.7. The number of fused-ring (bicyclic) bond motifs is 16.